The Bertz CT molecular complexity index is 1450. The van der Waals surface area contributed by atoms with E-state index < -0.39 is 0 Å². The van der Waals surface area contributed by atoms with Crippen LogP contribution in [0.3, 0.4) is 0 Å². The third-order valence-corrected chi connectivity index (χ3v) is 5.06. The molecular formula is C33H22IrN3O3. The third-order valence-electron chi connectivity index (χ3n) is 5.06. The van der Waals surface area contributed by atoms with Crippen molar-refractivity contribution in [3.05, 3.63) is 152 Å². The number of rotatable bonds is 7. The summed E-state index contributed by atoms with van der Waals surface area (Å²) in [4.78, 5) is 12.5. The van der Waals surface area contributed by atoms with E-state index in [2.05, 4.69) is 33.2 Å². The van der Waals surface area contributed by atoms with Crippen molar-refractivity contribution >= 4 is 0 Å². The zero-order valence-corrected chi connectivity index (χ0v) is 23.5. The molecule has 0 spiro atoms. The number of aromatic nitrogens is 3. The van der Waals surface area contributed by atoms with E-state index in [0.717, 1.165) is 11.3 Å². The van der Waals surface area contributed by atoms with Gasteiger partial charge in [-0.2, -0.15) is 12.1 Å². The van der Waals surface area contributed by atoms with E-state index in [1.807, 2.05) is 78.9 Å². The van der Waals surface area contributed by atoms with Crippen molar-refractivity contribution in [2.24, 2.45) is 0 Å². The first kappa shape index (κ1) is 28.2. The van der Waals surface area contributed by atoms with Crippen LogP contribution in [0.25, 0.3) is 11.3 Å². The number of hydrogen-bond acceptors (Lipinski definition) is 6. The molecule has 3 aromatic carbocycles. The predicted octanol–water partition coefficient (Wildman–Crippen LogP) is 8.00. The summed E-state index contributed by atoms with van der Waals surface area (Å²) in [6.45, 7) is 0. The normalized spacial score (nSPS) is 9.80. The van der Waals surface area contributed by atoms with Crippen molar-refractivity contribution in [3.63, 3.8) is 0 Å². The van der Waals surface area contributed by atoms with Gasteiger partial charge in [0.15, 0.2) is 0 Å². The van der Waals surface area contributed by atoms with Crippen LogP contribution in [-0.2, 0) is 20.1 Å². The van der Waals surface area contributed by atoms with Gasteiger partial charge in [0, 0.05) is 53.7 Å². The Labute approximate surface area is 246 Å². The van der Waals surface area contributed by atoms with Crippen LogP contribution in [0.2, 0.25) is 0 Å². The maximum atomic E-state index is 5.82. The molecule has 6 rings (SSSR count). The molecule has 0 bridgehead atoms. The van der Waals surface area contributed by atoms with Crippen LogP contribution in [-0.4, -0.2) is 15.0 Å². The fraction of sp³-hybridized carbons (Fsp3) is 0. The van der Waals surface area contributed by atoms with Crippen molar-refractivity contribution in [1.82, 2.24) is 15.0 Å². The number of pyridine rings is 3. The van der Waals surface area contributed by atoms with Gasteiger partial charge in [-0.05, 0) is 23.9 Å². The fourth-order valence-electron chi connectivity index (χ4n) is 3.33. The maximum absolute atomic E-state index is 5.82. The molecule has 0 amide bonds. The molecule has 0 saturated heterocycles. The van der Waals surface area contributed by atoms with Crippen LogP contribution in [0.5, 0.6) is 34.8 Å². The van der Waals surface area contributed by atoms with Gasteiger partial charge >= 0.3 is 20.1 Å². The first-order valence-electron chi connectivity index (χ1n) is 12.1. The second-order valence-electron chi connectivity index (χ2n) is 7.89. The van der Waals surface area contributed by atoms with Crippen LogP contribution in [0.4, 0.5) is 0 Å². The Balaban J connectivity index is 0.000000238. The van der Waals surface area contributed by atoms with Gasteiger partial charge in [-0.25, -0.2) is 9.97 Å². The summed E-state index contributed by atoms with van der Waals surface area (Å²) in [6.07, 6.45) is 5.12. The number of hydrogen-bond donors (Lipinski definition) is 0. The molecule has 0 saturated carbocycles. The van der Waals surface area contributed by atoms with E-state index in [4.69, 9.17) is 14.2 Å². The van der Waals surface area contributed by atoms with Gasteiger partial charge in [-0.3, -0.25) is 0 Å². The molecule has 40 heavy (non-hydrogen) atoms. The number of ether oxygens (including phenoxy) is 3. The van der Waals surface area contributed by atoms with Crippen LogP contribution >= 0.6 is 0 Å². The number of benzene rings is 3. The van der Waals surface area contributed by atoms with E-state index in [0.29, 0.717) is 34.8 Å². The average Bonchev–Trinajstić information content (AvgIpc) is 3.00. The standard InChI is InChI=1S/C22H14N2O3.C11H8N.Ir/c1-3-13-23-21(11-1)26-19-9-5-7-17(15-19)25-18-8-6-10-20(16-18)27-22-12-2-4-14-24-22;1-2-6-10(7-3-1)11-8-4-5-9-12-11;/h1-14H;1-6,8-9H;/q-2;-1;+3. The van der Waals surface area contributed by atoms with Crippen LogP contribution in [0.1, 0.15) is 0 Å². The molecule has 0 fully saturated rings. The van der Waals surface area contributed by atoms with Crippen molar-refractivity contribution in [1.29, 1.82) is 0 Å². The molecule has 0 radical (unpaired) electrons. The van der Waals surface area contributed by atoms with Crippen molar-refractivity contribution in [2.75, 3.05) is 0 Å². The summed E-state index contributed by atoms with van der Waals surface area (Å²) >= 11 is 0. The summed E-state index contributed by atoms with van der Waals surface area (Å²) in [7, 11) is 0. The van der Waals surface area contributed by atoms with Gasteiger partial charge in [-0.15, -0.1) is 60.2 Å². The van der Waals surface area contributed by atoms with Gasteiger partial charge in [0.1, 0.15) is 0 Å². The Morgan fingerprint density at radius 1 is 0.450 bits per heavy atom. The zero-order valence-electron chi connectivity index (χ0n) is 21.1. The van der Waals surface area contributed by atoms with Crippen molar-refractivity contribution < 1.29 is 34.3 Å². The van der Waals surface area contributed by atoms with Crippen LogP contribution in [0.15, 0.2) is 134 Å². The molecular weight excluding hydrogens is 679 g/mol. The molecule has 0 aliphatic carbocycles. The smallest absolute Gasteiger partial charge is 0.509 e. The molecule has 196 valence electrons. The largest absolute Gasteiger partial charge is 3.00 e. The molecule has 6 aromatic rings. The summed E-state index contributed by atoms with van der Waals surface area (Å²) < 4.78 is 17.2. The summed E-state index contributed by atoms with van der Waals surface area (Å²) in [5.41, 5.74) is 2.01. The third kappa shape index (κ3) is 8.60. The molecule has 3 aromatic heterocycles. The predicted molar refractivity (Wildman–Crippen MR) is 148 cm³/mol. The van der Waals surface area contributed by atoms with Gasteiger partial charge in [0.25, 0.3) is 0 Å². The fourth-order valence-corrected chi connectivity index (χ4v) is 3.33. The van der Waals surface area contributed by atoms with E-state index >= 15 is 0 Å². The summed E-state index contributed by atoms with van der Waals surface area (Å²) in [6, 6.07) is 44.6. The molecule has 0 aliphatic rings. The summed E-state index contributed by atoms with van der Waals surface area (Å²) in [5.74, 6) is 2.98. The Hall–Kier alpha value is -4.84. The first-order valence-corrected chi connectivity index (χ1v) is 12.1. The molecule has 3 heterocycles. The molecule has 6 nitrogen and oxygen atoms in total. The Morgan fingerprint density at radius 3 is 1.40 bits per heavy atom. The van der Waals surface area contributed by atoms with Crippen LogP contribution < -0.4 is 14.2 Å². The van der Waals surface area contributed by atoms with Crippen LogP contribution in [0, 0.1) is 18.2 Å². The van der Waals surface area contributed by atoms with E-state index in [1.165, 1.54) is 0 Å². The minimum absolute atomic E-state index is 0. The Morgan fingerprint density at radius 2 is 0.950 bits per heavy atom. The maximum Gasteiger partial charge on any atom is 3.00 e. The Kier molecular flexibility index (Phi) is 10.5. The van der Waals surface area contributed by atoms with Crippen molar-refractivity contribution in [2.45, 2.75) is 0 Å². The minimum Gasteiger partial charge on any atom is -0.509 e. The number of nitrogens with zero attached hydrogens (tertiary/aromatic N) is 3. The van der Waals surface area contributed by atoms with Gasteiger partial charge < -0.3 is 19.2 Å². The molecule has 0 N–H and O–H groups in total. The minimum atomic E-state index is 0. The molecule has 0 atom stereocenters. The zero-order chi connectivity index (χ0) is 26.5. The first-order chi connectivity index (χ1) is 19.3. The quantitative estimate of drug-likeness (QED) is 0.157. The van der Waals surface area contributed by atoms with Gasteiger partial charge in [0.2, 0.25) is 11.8 Å². The van der Waals surface area contributed by atoms with Gasteiger partial charge in [0.05, 0.1) is 0 Å². The van der Waals surface area contributed by atoms with E-state index in [-0.39, 0.29) is 20.1 Å². The second kappa shape index (κ2) is 14.9. The molecule has 7 heteroatoms. The molecule has 0 unspecified atom stereocenters. The SMILES string of the molecule is [Ir+3].[c-]1c(Oc2[c-]c(Oc3ccccn3)ccc2)cccc1Oc1ccccn1.[c-]1ccccc1-c1ccccn1. The van der Waals surface area contributed by atoms with Gasteiger partial charge in [-0.1, -0.05) is 36.4 Å². The van der Waals surface area contributed by atoms with E-state index in [9.17, 15) is 0 Å². The second-order valence-corrected chi connectivity index (χ2v) is 7.89. The van der Waals surface area contributed by atoms with E-state index in [1.54, 1.807) is 55.0 Å². The van der Waals surface area contributed by atoms with Crippen molar-refractivity contribution in [3.8, 4) is 46.0 Å². The topological polar surface area (TPSA) is 66.4 Å². The summed E-state index contributed by atoms with van der Waals surface area (Å²) in [5, 5.41) is 0. The average molecular weight is 701 g/mol. The molecule has 0 aliphatic heterocycles. The monoisotopic (exact) mass is 701 g/mol.